The highest BCUT2D eigenvalue weighted by Crippen LogP contribution is 2.17. The molecular formula is C21H35N5O. The van der Waals surface area contributed by atoms with Gasteiger partial charge in [-0.3, -0.25) is 9.89 Å². The zero-order chi connectivity index (χ0) is 19.1. The normalized spacial score (nSPS) is 21.9. The fourth-order valence-electron chi connectivity index (χ4n) is 3.95. The van der Waals surface area contributed by atoms with Crippen LogP contribution in [0.5, 0.6) is 0 Å². The van der Waals surface area contributed by atoms with Crippen molar-refractivity contribution in [3.8, 4) is 0 Å². The van der Waals surface area contributed by atoms with Gasteiger partial charge in [0, 0.05) is 52.4 Å². The van der Waals surface area contributed by atoms with E-state index in [2.05, 4.69) is 63.2 Å². The van der Waals surface area contributed by atoms with Gasteiger partial charge < -0.3 is 19.9 Å². The van der Waals surface area contributed by atoms with Crippen LogP contribution in [-0.4, -0.2) is 86.7 Å². The quantitative estimate of drug-likeness (QED) is 0.606. The van der Waals surface area contributed by atoms with Gasteiger partial charge in [0.2, 0.25) is 0 Å². The van der Waals surface area contributed by atoms with Gasteiger partial charge in [-0.2, -0.15) is 0 Å². The Hall–Kier alpha value is -1.63. The van der Waals surface area contributed by atoms with Gasteiger partial charge in [-0.25, -0.2) is 0 Å². The van der Waals surface area contributed by atoms with E-state index in [1.807, 2.05) is 7.05 Å². The predicted octanol–water partition coefficient (Wildman–Crippen LogP) is 1.62. The van der Waals surface area contributed by atoms with E-state index in [0.717, 1.165) is 65.0 Å². The molecule has 1 aromatic carbocycles. The van der Waals surface area contributed by atoms with Crippen LogP contribution in [-0.2, 0) is 17.8 Å². The molecule has 0 aliphatic carbocycles. The standard InChI is InChI=1S/C21H35N5O/c1-4-24(3)16-19-7-5-6-18(14-19)15-23-21(22-2)26-9-8-20(17-26)25-10-12-27-13-11-25/h5-7,14,20H,4,8-13,15-17H2,1-3H3,(H,22,23). The second kappa shape index (κ2) is 10.1. The molecular weight excluding hydrogens is 338 g/mol. The topological polar surface area (TPSA) is 43.3 Å². The van der Waals surface area contributed by atoms with Crippen molar-refractivity contribution in [3.63, 3.8) is 0 Å². The van der Waals surface area contributed by atoms with E-state index in [0.29, 0.717) is 6.04 Å². The van der Waals surface area contributed by atoms with Crippen molar-refractivity contribution in [1.29, 1.82) is 0 Å². The van der Waals surface area contributed by atoms with Gasteiger partial charge in [-0.1, -0.05) is 31.2 Å². The zero-order valence-electron chi connectivity index (χ0n) is 17.2. The Kier molecular flexibility index (Phi) is 7.50. The molecule has 2 heterocycles. The smallest absolute Gasteiger partial charge is 0.193 e. The molecule has 2 aliphatic heterocycles. The van der Waals surface area contributed by atoms with Crippen LogP contribution >= 0.6 is 0 Å². The summed E-state index contributed by atoms with van der Waals surface area (Å²) in [7, 11) is 4.04. The van der Waals surface area contributed by atoms with E-state index >= 15 is 0 Å². The number of likely N-dealkylation sites (tertiary alicyclic amines) is 1. The summed E-state index contributed by atoms with van der Waals surface area (Å²) in [4.78, 5) is 11.8. The van der Waals surface area contributed by atoms with Crippen molar-refractivity contribution >= 4 is 5.96 Å². The van der Waals surface area contributed by atoms with Crippen LogP contribution in [0.15, 0.2) is 29.3 Å². The highest BCUT2D eigenvalue weighted by Gasteiger charge is 2.30. The first-order valence-corrected chi connectivity index (χ1v) is 10.2. The van der Waals surface area contributed by atoms with Crippen molar-refractivity contribution in [2.45, 2.75) is 32.5 Å². The van der Waals surface area contributed by atoms with Gasteiger partial charge in [0.25, 0.3) is 0 Å². The molecule has 0 saturated carbocycles. The third-order valence-corrected chi connectivity index (χ3v) is 5.67. The second-order valence-corrected chi connectivity index (χ2v) is 7.59. The molecule has 0 radical (unpaired) electrons. The summed E-state index contributed by atoms with van der Waals surface area (Å²) in [5, 5.41) is 3.56. The largest absolute Gasteiger partial charge is 0.379 e. The third-order valence-electron chi connectivity index (χ3n) is 5.67. The van der Waals surface area contributed by atoms with Crippen molar-refractivity contribution in [3.05, 3.63) is 35.4 Å². The van der Waals surface area contributed by atoms with Gasteiger partial charge in [-0.05, 0) is 31.1 Å². The summed E-state index contributed by atoms with van der Waals surface area (Å²) in [6.07, 6.45) is 1.21. The molecule has 6 heteroatoms. The number of ether oxygens (including phenoxy) is 1. The summed E-state index contributed by atoms with van der Waals surface area (Å²) < 4.78 is 5.49. The van der Waals surface area contributed by atoms with E-state index in [1.165, 1.54) is 17.5 Å². The average Bonchev–Trinajstić information content (AvgIpc) is 3.19. The molecule has 2 fully saturated rings. The fraction of sp³-hybridized carbons (Fsp3) is 0.667. The van der Waals surface area contributed by atoms with E-state index < -0.39 is 0 Å². The maximum atomic E-state index is 5.49. The van der Waals surface area contributed by atoms with Crippen LogP contribution in [0.3, 0.4) is 0 Å². The first kappa shape index (κ1) is 20.1. The Morgan fingerprint density at radius 3 is 2.78 bits per heavy atom. The van der Waals surface area contributed by atoms with Crippen molar-refractivity contribution in [2.75, 3.05) is 60.0 Å². The molecule has 1 unspecified atom stereocenters. The van der Waals surface area contributed by atoms with E-state index in [1.54, 1.807) is 0 Å². The Balaban J connectivity index is 1.51. The zero-order valence-corrected chi connectivity index (χ0v) is 17.2. The van der Waals surface area contributed by atoms with Crippen LogP contribution in [0, 0.1) is 0 Å². The van der Waals surface area contributed by atoms with Crippen molar-refractivity contribution < 1.29 is 4.74 Å². The van der Waals surface area contributed by atoms with E-state index in [-0.39, 0.29) is 0 Å². The van der Waals surface area contributed by atoms with E-state index in [9.17, 15) is 0 Å². The predicted molar refractivity (Wildman–Crippen MR) is 111 cm³/mol. The average molecular weight is 374 g/mol. The molecule has 2 saturated heterocycles. The number of nitrogens with zero attached hydrogens (tertiary/aromatic N) is 4. The Morgan fingerprint density at radius 2 is 2.04 bits per heavy atom. The Labute approximate surface area is 164 Å². The first-order valence-electron chi connectivity index (χ1n) is 10.2. The molecule has 150 valence electrons. The number of benzene rings is 1. The summed E-state index contributed by atoms with van der Waals surface area (Å²) in [6.45, 7) is 11.0. The molecule has 0 spiro atoms. The minimum absolute atomic E-state index is 0.625. The highest BCUT2D eigenvalue weighted by molar-refractivity contribution is 5.80. The molecule has 6 nitrogen and oxygen atoms in total. The molecule has 0 aromatic heterocycles. The Bertz CT molecular complexity index is 614. The molecule has 0 amide bonds. The highest BCUT2D eigenvalue weighted by atomic mass is 16.5. The summed E-state index contributed by atoms with van der Waals surface area (Å²) in [5.41, 5.74) is 2.67. The van der Waals surface area contributed by atoms with Crippen LogP contribution in [0.2, 0.25) is 0 Å². The lowest BCUT2D eigenvalue weighted by atomic mass is 10.1. The van der Waals surface area contributed by atoms with Gasteiger partial charge in [0.05, 0.1) is 13.2 Å². The number of hydrogen-bond donors (Lipinski definition) is 1. The minimum atomic E-state index is 0.625. The second-order valence-electron chi connectivity index (χ2n) is 7.59. The van der Waals surface area contributed by atoms with Crippen molar-refractivity contribution in [2.24, 2.45) is 4.99 Å². The molecule has 3 rings (SSSR count). The molecule has 1 N–H and O–H groups in total. The molecule has 1 aromatic rings. The summed E-state index contributed by atoms with van der Waals surface area (Å²) in [5.74, 6) is 1.02. The number of rotatable bonds is 6. The van der Waals surface area contributed by atoms with Crippen LogP contribution in [0.25, 0.3) is 0 Å². The third kappa shape index (κ3) is 5.67. The SMILES string of the molecule is CCN(C)Cc1cccc(CNC(=NC)N2CCC(N3CCOCC3)C2)c1. The number of morpholine rings is 1. The maximum Gasteiger partial charge on any atom is 0.193 e. The van der Waals surface area contributed by atoms with Gasteiger partial charge in [0.1, 0.15) is 0 Å². The molecule has 2 aliphatic rings. The maximum absolute atomic E-state index is 5.49. The minimum Gasteiger partial charge on any atom is -0.379 e. The first-order chi connectivity index (χ1) is 13.2. The summed E-state index contributed by atoms with van der Waals surface area (Å²) in [6, 6.07) is 9.48. The lowest BCUT2D eigenvalue weighted by Gasteiger charge is -2.32. The fourth-order valence-corrected chi connectivity index (χ4v) is 3.95. The van der Waals surface area contributed by atoms with Crippen LogP contribution < -0.4 is 5.32 Å². The van der Waals surface area contributed by atoms with E-state index in [4.69, 9.17) is 4.74 Å². The number of aliphatic imine (C=N–C) groups is 1. The molecule has 1 atom stereocenters. The van der Waals surface area contributed by atoms with Gasteiger partial charge in [-0.15, -0.1) is 0 Å². The lowest BCUT2D eigenvalue weighted by Crippen LogP contribution is -2.46. The lowest BCUT2D eigenvalue weighted by molar-refractivity contribution is 0.0195. The van der Waals surface area contributed by atoms with Gasteiger partial charge >= 0.3 is 0 Å². The number of nitrogens with one attached hydrogen (secondary N) is 1. The molecule has 27 heavy (non-hydrogen) atoms. The molecule has 0 bridgehead atoms. The summed E-state index contributed by atoms with van der Waals surface area (Å²) >= 11 is 0. The monoisotopic (exact) mass is 373 g/mol. The van der Waals surface area contributed by atoms with Crippen LogP contribution in [0.1, 0.15) is 24.5 Å². The number of guanidine groups is 1. The van der Waals surface area contributed by atoms with Crippen LogP contribution in [0.4, 0.5) is 0 Å². The van der Waals surface area contributed by atoms with Gasteiger partial charge in [0.15, 0.2) is 5.96 Å². The Morgan fingerprint density at radius 1 is 1.26 bits per heavy atom. The number of hydrogen-bond acceptors (Lipinski definition) is 4. The van der Waals surface area contributed by atoms with Crippen molar-refractivity contribution in [1.82, 2.24) is 20.0 Å².